The molecule has 0 bridgehead atoms. The first-order chi connectivity index (χ1) is 2.64. The Labute approximate surface area is 44.6 Å². The quantitative estimate of drug-likeness (QED) is 0.454. The molecule has 0 heterocycles. The molecule has 0 aliphatic heterocycles. The summed E-state index contributed by atoms with van der Waals surface area (Å²) >= 11 is 4.76. The first-order valence-electron chi connectivity index (χ1n) is 1.98. The Bertz CT molecular complexity index is 55.0. The fourth-order valence-corrected chi connectivity index (χ4v) is 0. The molecule has 0 nitrogen and oxygen atoms in total. The average Bonchev–Trinajstić information content (AvgIpc) is 1.36. The monoisotopic (exact) mass is 101 g/mol. The van der Waals surface area contributed by atoms with Crippen molar-refractivity contribution in [2.45, 2.75) is 13.8 Å². The Hall–Kier alpha value is 0.0900. The van der Waals surface area contributed by atoms with Gasteiger partial charge in [0.15, 0.2) is 0 Å². The molecule has 1 heteroatoms. The van der Waals surface area contributed by atoms with Crippen LogP contribution in [-0.4, -0.2) is 4.86 Å². The van der Waals surface area contributed by atoms with Crippen LogP contribution in [0.5, 0.6) is 0 Å². The fourth-order valence-electron chi connectivity index (χ4n) is 0. The lowest BCUT2D eigenvalue weighted by atomic mass is 10.2. The van der Waals surface area contributed by atoms with Crippen molar-refractivity contribution < 1.29 is 0 Å². The molecule has 6 heavy (non-hydrogen) atoms. The summed E-state index contributed by atoms with van der Waals surface area (Å²) in [6, 6.07) is 0. The Morgan fingerprint density at radius 2 is 2.00 bits per heavy atom. The number of thiocarbonyl (C=S) groups is 1. The average molecular weight is 101 g/mol. The van der Waals surface area contributed by atoms with Crippen molar-refractivity contribution in [1.29, 1.82) is 0 Å². The molecule has 0 unspecified atom stereocenters. The van der Waals surface area contributed by atoms with E-state index in [0.717, 1.165) is 4.86 Å². The lowest BCUT2D eigenvalue weighted by Crippen LogP contribution is -1.96. The maximum Gasteiger partial charge on any atom is -0.00743 e. The van der Waals surface area contributed by atoms with Gasteiger partial charge in [0.05, 0.1) is 0 Å². The van der Waals surface area contributed by atoms with Crippen LogP contribution >= 0.6 is 12.2 Å². The van der Waals surface area contributed by atoms with Crippen LogP contribution in [0.4, 0.5) is 0 Å². The maximum atomic E-state index is 4.76. The second kappa shape index (κ2) is 2.30. The molecular formula is C5H9S. The van der Waals surface area contributed by atoms with Crippen LogP contribution in [0.3, 0.4) is 0 Å². The first kappa shape index (κ1) is 6.09. The van der Waals surface area contributed by atoms with Crippen LogP contribution in [0.2, 0.25) is 0 Å². The van der Waals surface area contributed by atoms with E-state index in [2.05, 4.69) is 6.92 Å². The largest absolute Gasteiger partial charge is 0.0897 e. The van der Waals surface area contributed by atoms with Crippen molar-refractivity contribution in [2.24, 2.45) is 5.92 Å². The summed E-state index contributed by atoms with van der Waals surface area (Å²) in [5.41, 5.74) is 0. The predicted octanol–water partition coefficient (Wildman–Crippen LogP) is 1.85. The van der Waals surface area contributed by atoms with Crippen LogP contribution in [0.1, 0.15) is 13.8 Å². The number of hydrogen-bond donors (Lipinski definition) is 0. The molecular weight excluding hydrogens is 92.1 g/mol. The van der Waals surface area contributed by atoms with E-state index in [1.54, 1.807) is 0 Å². The van der Waals surface area contributed by atoms with Crippen molar-refractivity contribution in [3.05, 3.63) is 6.92 Å². The minimum atomic E-state index is 0.333. The Morgan fingerprint density at radius 3 is 2.00 bits per heavy atom. The maximum absolute atomic E-state index is 4.76. The second-order valence-electron chi connectivity index (χ2n) is 1.51. The van der Waals surface area contributed by atoms with Gasteiger partial charge in [-0.1, -0.05) is 19.1 Å². The van der Waals surface area contributed by atoms with Gasteiger partial charge in [0.25, 0.3) is 0 Å². The molecule has 0 aromatic rings. The van der Waals surface area contributed by atoms with Gasteiger partial charge >= 0.3 is 0 Å². The van der Waals surface area contributed by atoms with Crippen LogP contribution in [0.25, 0.3) is 0 Å². The number of rotatable bonds is 1. The molecule has 0 aliphatic carbocycles. The lowest BCUT2D eigenvalue weighted by molar-refractivity contribution is 1.01. The third kappa shape index (κ3) is 2.33. The first-order valence-corrected chi connectivity index (χ1v) is 2.39. The molecule has 1 atom stereocenters. The summed E-state index contributed by atoms with van der Waals surface area (Å²) in [6.45, 7) is 7.59. The molecule has 0 rings (SSSR count). The van der Waals surface area contributed by atoms with Crippen molar-refractivity contribution in [2.75, 3.05) is 0 Å². The molecule has 0 aromatic heterocycles. The smallest absolute Gasteiger partial charge is 0.00743 e. The van der Waals surface area contributed by atoms with Gasteiger partial charge in [-0.2, -0.15) is 0 Å². The van der Waals surface area contributed by atoms with Gasteiger partial charge in [-0.05, 0) is 24.6 Å². The third-order valence-electron chi connectivity index (χ3n) is 0.694. The van der Waals surface area contributed by atoms with Crippen molar-refractivity contribution in [3.63, 3.8) is 0 Å². The van der Waals surface area contributed by atoms with Crippen LogP contribution in [0, 0.1) is 12.8 Å². The summed E-state index contributed by atoms with van der Waals surface area (Å²) < 4.78 is 0. The summed E-state index contributed by atoms with van der Waals surface area (Å²) in [5.74, 6) is 0.333. The van der Waals surface area contributed by atoms with Crippen LogP contribution in [-0.2, 0) is 0 Å². The highest BCUT2D eigenvalue weighted by Crippen LogP contribution is 1.92. The molecule has 0 saturated heterocycles. The molecule has 0 fully saturated rings. The molecule has 0 saturated carbocycles. The third-order valence-corrected chi connectivity index (χ3v) is 1.10. The zero-order valence-electron chi connectivity index (χ0n) is 4.19. The van der Waals surface area contributed by atoms with Gasteiger partial charge in [0.2, 0.25) is 0 Å². The highest BCUT2D eigenvalue weighted by Gasteiger charge is 1.90. The van der Waals surface area contributed by atoms with Gasteiger partial charge in [-0.3, -0.25) is 0 Å². The minimum absolute atomic E-state index is 0.333. The molecule has 0 aliphatic rings. The SMILES string of the molecule is [CH2][C@@H](C)C(C)=S. The Kier molecular flexibility index (Phi) is 2.33. The van der Waals surface area contributed by atoms with E-state index in [4.69, 9.17) is 12.2 Å². The molecule has 35 valence electrons. The minimum Gasteiger partial charge on any atom is -0.0897 e. The zero-order chi connectivity index (χ0) is 5.15. The van der Waals surface area contributed by atoms with E-state index in [1.807, 2.05) is 13.8 Å². The van der Waals surface area contributed by atoms with Crippen LogP contribution < -0.4 is 0 Å². The Morgan fingerprint density at radius 1 is 1.83 bits per heavy atom. The molecule has 0 N–H and O–H groups in total. The summed E-state index contributed by atoms with van der Waals surface area (Å²) in [4.78, 5) is 0.981. The van der Waals surface area contributed by atoms with E-state index >= 15 is 0 Å². The van der Waals surface area contributed by atoms with Gasteiger partial charge in [-0.15, -0.1) is 0 Å². The van der Waals surface area contributed by atoms with Gasteiger partial charge in [0.1, 0.15) is 0 Å². The number of hydrogen-bond acceptors (Lipinski definition) is 1. The molecule has 0 amide bonds. The van der Waals surface area contributed by atoms with E-state index in [-0.39, 0.29) is 0 Å². The normalized spacial score (nSPS) is 9.33. The summed E-state index contributed by atoms with van der Waals surface area (Å²) in [5, 5.41) is 0. The molecule has 0 spiro atoms. The fraction of sp³-hybridized carbons (Fsp3) is 0.600. The zero-order valence-corrected chi connectivity index (χ0v) is 5.01. The topological polar surface area (TPSA) is 0 Å². The highest BCUT2D eigenvalue weighted by molar-refractivity contribution is 7.80. The van der Waals surface area contributed by atoms with Crippen molar-refractivity contribution >= 4 is 17.1 Å². The molecule has 0 aromatic carbocycles. The van der Waals surface area contributed by atoms with E-state index in [1.165, 1.54) is 0 Å². The van der Waals surface area contributed by atoms with Gasteiger partial charge < -0.3 is 0 Å². The highest BCUT2D eigenvalue weighted by atomic mass is 32.1. The van der Waals surface area contributed by atoms with E-state index < -0.39 is 0 Å². The van der Waals surface area contributed by atoms with E-state index in [9.17, 15) is 0 Å². The lowest BCUT2D eigenvalue weighted by Gasteiger charge is -1.94. The van der Waals surface area contributed by atoms with Crippen LogP contribution in [0.15, 0.2) is 0 Å². The van der Waals surface area contributed by atoms with Gasteiger partial charge in [0, 0.05) is 0 Å². The predicted molar refractivity (Wildman–Crippen MR) is 32.8 cm³/mol. The summed E-state index contributed by atoms with van der Waals surface area (Å²) in [6.07, 6.45) is 0. The van der Waals surface area contributed by atoms with Crippen molar-refractivity contribution in [1.82, 2.24) is 0 Å². The van der Waals surface area contributed by atoms with E-state index in [0.29, 0.717) is 5.92 Å². The summed E-state index contributed by atoms with van der Waals surface area (Å²) in [7, 11) is 0. The van der Waals surface area contributed by atoms with Crippen molar-refractivity contribution in [3.8, 4) is 0 Å². The molecule has 1 radical (unpaired) electrons. The standard InChI is InChI=1S/C5H9S/c1-4(2)5(3)6/h4H,1H2,2-3H3/t4-/m0/s1. The Balaban J connectivity index is 3.26. The second-order valence-corrected chi connectivity index (χ2v) is 2.16. The van der Waals surface area contributed by atoms with Gasteiger partial charge in [-0.25, -0.2) is 0 Å².